The van der Waals surface area contributed by atoms with Crippen LogP contribution in [0.3, 0.4) is 0 Å². The van der Waals surface area contributed by atoms with Crippen LogP contribution in [0.1, 0.15) is 43.0 Å². The molecule has 1 heteroatoms. The van der Waals surface area contributed by atoms with Crippen LogP contribution in [0, 0.1) is 5.92 Å². The summed E-state index contributed by atoms with van der Waals surface area (Å²) in [6.07, 6.45) is 2.33. The van der Waals surface area contributed by atoms with Gasteiger partial charge in [-0.1, -0.05) is 116 Å². The van der Waals surface area contributed by atoms with Crippen molar-refractivity contribution >= 4 is 16.3 Å². The van der Waals surface area contributed by atoms with Crippen molar-refractivity contribution < 1.29 is 5.11 Å². The van der Waals surface area contributed by atoms with E-state index in [-0.39, 0.29) is 0 Å². The highest BCUT2D eigenvalue weighted by Crippen LogP contribution is 2.47. The Balaban J connectivity index is 1.94. The Bertz CT molecular complexity index is 1300. The molecule has 1 aliphatic carbocycles. The van der Waals surface area contributed by atoms with Crippen LogP contribution in [0.4, 0.5) is 0 Å². The standard InChI is InChI=1S/C31H28O/c1-21-20-22(2)29(23(21)3)28-19-18-24-12-10-11-17-27(24)30(28)31(32,25-13-6-4-7-14-25)26-15-8-5-9-16-26/h4-20,22,32H,1-3H3. The molecule has 1 aliphatic rings. The lowest BCUT2D eigenvalue weighted by atomic mass is 9.74. The molecule has 1 N–H and O–H groups in total. The van der Waals surface area contributed by atoms with Crippen LogP contribution in [0.25, 0.3) is 16.3 Å². The molecule has 158 valence electrons. The van der Waals surface area contributed by atoms with Crippen LogP contribution in [-0.4, -0.2) is 5.11 Å². The maximum absolute atomic E-state index is 12.8. The van der Waals surface area contributed by atoms with Crippen molar-refractivity contribution in [2.24, 2.45) is 5.92 Å². The molecule has 0 amide bonds. The van der Waals surface area contributed by atoms with Crippen LogP contribution < -0.4 is 0 Å². The Morgan fingerprint density at radius 2 is 1.25 bits per heavy atom. The van der Waals surface area contributed by atoms with Crippen molar-refractivity contribution in [3.8, 4) is 0 Å². The van der Waals surface area contributed by atoms with Crippen LogP contribution in [-0.2, 0) is 5.60 Å². The highest BCUT2D eigenvalue weighted by atomic mass is 16.3. The van der Waals surface area contributed by atoms with Gasteiger partial charge in [0, 0.05) is 11.5 Å². The molecule has 4 aromatic rings. The summed E-state index contributed by atoms with van der Waals surface area (Å²) in [5.74, 6) is 0.297. The summed E-state index contributed by atoms with van der Waals surface area (Å²) in [6, 6.07) is 32.9. The van der Waals surface area contributed by atoms with Crippen LogP contribution in [0.15, 0.2) is 114 Å². The van der Waals surface area contributed by atoms with Crippen molar-refractivity contribution in [3.05, 3.63) is 137 Å². The molecular formula is C31H28O. The van der Waals surface area contributed by atoms with E-state index in [1.54, 1.807) is 0 Å². The molecule has 0 saturated heterocycles. The summed E-state index contributed by atoms with van der Waals surface area (Å²) in [5.41, 5.74) is 6.45. The predicted octanol–water partition coefficient (Wildman–Crippen LogP) is 7.49. The van der Waals surface area contributed by atoms with E-state index in [0.717, 1.165) is 33.0 Å². The van der Waals surface area contributed by atoms with Crippen molar-refractivity contribution in [2.45, 2.75) is 26.4 Å². The number of hydrogen-bond acceptors (Lipinski definition) is 1. The van der Waals surface area contributed by atoms with E-state index in [9.17, 15) is 5.11 Å². The van der Waals surface area contributed by atoms with Crippen molar-refractivity contribution in [3.63, 3.8) is 0 Å². The first-order chi connectivity index (χ1) is 15.5. The van der Waals surface area contributed by atoms with Crippen LogP contribution in [0.2, 0.25) is 0 Å². The molecule has 0 aromatic heterocycles. The summed E-state index contributed by atoms with van der Waals surface area (Å²) in [5, 5.41) is 15.0. The van der Waals surface area contributed by atoms with Crippen molar-refractivity contribution in [2.75, 3.05) is 0 Å². The first-order valence-electron chi connectivity index (χ1n) is 11.3. The molecule has 0 aliphatic heterocycles. The summed E-state index contributed by atoms with van der Waals surface area (Å²) < 4.78 is 0. The third-order valence-electron chi connectivity index (χ3n) is 6.91. The molecule has 1 atom stereocenters. The molecule has 4 aromatic carbocycles. The Morgan fingerprint density at radius 1 is 0.688 bits per heavy atom. The minimum Gasteiger partial charge on any atom is -0.376 e. The molecule has 0 bridgehead atoms. The first-order valence-corrected chi connectivity index (χ1v) is 11.3. The third-order valence-corrected chi connectivity index (χ3v) is 6.91. The number of allylic oxidation sites excluding steroid dienone is 4. The highest BCUT2D eigenvalue weighted by Gasteiger charge is 2.38. The van der Waals surface area contributed by atoms with Gasteiger partial charge in [-0.2, -0.15) is 0 Å². The molecule has 32 heavy (non-hydrogen) atoms. The average Bonchev–Trinajstić information content (AvgIpc) is 3.09. The Kier molecular flexibility index (Phi) is 5.07. The van der Waals surface area contributed by atoms with E-state index in [4.69, 9.17) is 0 Å². The largest absolute Gasteiger partial charge is 0.376 e. The minimum absolute atomic E-state index is 0.297. The molecule has 0 radical (unpaired) electrons. The Labute approximate surface area is 190 Å². The van der Waals surface area contributed by atoms with E-state index in [1.807, 2.05) is 60.7 Å². The number of aliphatic hydroxyl groups is 1. The van der Waals surface area contributed by atoms with Crippen molar-refractivity contribution in [1.29, 1.82) is 0 Å². The predicted molar refractivity (Wildman–Crippen MR) is 134 cm³/mol. The van der Waals surface area contributed by atoms with E-state index in [0.29, 0.717) is 5.92 Å². The van der Waals surface area contributed by atoms with Gasteiger partial charge in [0.25, 0.3) is 0 Å². The second-order valence-electron chi connectivity index (χ2n) is 8.83. The zero-order valence-corrected chi connectivity index (χ0v) is 18.8. The van der Waals surface area contributed by atoms with Gasteiger partial charge in [0.1, 0.15) is 5.60 Å². The topological polar surface area (TPSA) is 20.2 Å². The summed E-state index contributed by atoms with van der Waals surface area (Å²) in [7, 11) is 0. The molecule has 1 nitrogen and oxygen atoms in total. The second-order valence-corrected chi connectivity index (χ2v) is 8.83. The number of benzene rings is 4. The molecular weight excluding hydrogens is 388 g/mol. The fourth-order valence-corrected chi connectivity index (χ4v) is 5.28. The van der Waals surface area contributed by atoms with Gasteiger partial charge < -0.3 is 5.11 Å². The van der Waals surface area contributed by atoms with Gasteiger partial charge >= 0.3 is 0 Å². The maximum Gasteiger partial charge on any atom is 0.141 e. The molecule has 0 heterocycles. The van der Waals surface area contributed by atoms with E-state index >= 15 is 0 Å². The average molecular weight is 417 g/mol. The van der Waals surface area contributed by atoms with Crippen molar-refractivity contribution in [1.82, 2.24) is 0 Å². The molecule has 0 spiro atoms. The van der Waals surface area contributed by atoms with Gasteiger partial charge in [-0.15, -0.1) is 0 Å². The van der Waals surface area contributed by atoms with Gasteiger partial charge in [0.05, 0.1) is 0 Å². The third kappa shape index (κ3) is 3.13. The molecule has 5 rings (SSSR count). The Hall–Kier alpha value is -3.42. The van der Waals surface area contributed by atoms with Gasteiger partial charge in [0.2, 0.25) is 0 Å². The SMILES string of the molecule is CC1=CC(C)C(c2ccc3ccccc3c2C(O)(c2ccccc2)c2ccccc2)=C1C. The summed E-state index contributed by atoms with van der Waals surface area (Å²) >= 11 is 0. The highest BCUT2D eigenvalue weighted by molar-refractivity contribution is 5.94. The molecule has 0 fully saturated rings. The van der Waals surface area contributed by atoms with Gasteiger partial charge in [-0.05, 0) is 52.5 Å². The summed E-state index contributed by atoms with van der Waals surface area (Å²) in [4.78, 5) is 0. The fraction of sp³-hybridized carbons (Fsp3) is 0.161. The van der Waals surface area contributed by atoms with E-state index in [1.165, 1.54) is 16.7 Å². The van der Waals surface area contributed by atoms with Crippen LogP contribution >= 0.6 is 0 Å². The van der Waals surface area contributed by atoms with Gasteiger partial charge in [-0.3, -0.25) is 0 Å². The lowest BCUT2D eigenvalue weighted by molar-refractivity contribution is 0.127. The molecule has 0 saturated carbocycles. The number of hydrogen-bond donors (Lipinski definition) is 1. The smallest absolute Gasteiger partial charge is 0.141 e. The maximum atomic E-state index is 12.8. The van der Waals surface area contributed by atoms with E-state index in [2.05, 4.69) is 63.2 Å². The quantitative estimate of drug-likeness (QED) is 0.342. The summed E-state index contributed by atoms with van der Waals surface area (Å²) in [6.45, 7) is 6.63. The monoisotopic (exact) mass is 416 g/mol. The second kappa shape index (κ2) is 7.93. The zero-order valence-electron chi connectivity index (χ0n) is 18.8. The Morgan fingerprint density at radius 3 is 1.81 bits per heavy atom. The lowest BCUT2D eigenvalue weighted by Gasteiger charge is -2.34. The first kappa shape index (κ1) is 20.5. The van der Waals surface area contributed by atoms with Gasteiger partial charge in [0.15, 0.2) is 0 Å². The van der Waals surface area contributed by atoms with Gasteiger partial charge in [-0.25, -0.2) is 0 Å². The normalized spacial score (nSPS) is 16.5. The zero-order chi connectivity index (χ0) is 22.3. The van der Waals surface area contributed by atoms with Crippen LogP contribution in [0.5, 0.6) is 0 Å². The molecule has 1 unspecified atom stereocenters. The fourth-order valence-electron chi connectivity index (χ4n) is 5.28. The minimum atomic E-state index is -1.29. The lowest BCUT2D eigenvalue weighted by Crippen LogP contribution is -2.30. The number of rotatable bonds is 4. The van der Waals surface area contributed by atoms with E-state index < -0.39 is 5.60 Å². The number of fused-ring (bicyclic) bond motifs is 1.